The maximum atomic E-state index is 13.0. The number of halogens is 2. The molecule has 0 unspecified atom stereocenters. The summed E-state index contributed by atoms with van der Waals surface area (Å²) in [6.45, 7) is 2.62. The summed E-state index contributed by atoms with van der Waals surface area (Å²) in [6.07, 6.45) is 1.75. The average Bonchev–Trinajstić information content (AvgIpc) is 2.74. The highest BCUT2D eigenvalue weighted by Gasteiger charge is 2.20. The van der Waals surface area contributed by atoms with Crippen molar-refractivity contribution in [2.24, 2.45) is 0 Å². The molecule has 1 aliphatic rings. The van der Waals surface area contributed by atoms with E-state index in [0.29, 0.717) is 5.69 Å². The van der Waals surface area contributed by atoms with Crippen LogP contribution in [0.2, 0.25) is 5.02 Å². The van der Waals surface area contributed by atoms with Crippen molar-refractivity contribution in [3.8, 4) is 0 Å². The summed E-state index contributed by atoms with van der Waals surface area (Å²) in [5.41, 5.74) is 3.79. The highest BCUT2D eigenvalue weighted by atomic mass is 35.5. The molecule has 0 saturated heterocycles. The number of hydrogen-bond donors (Lipinski definition) is 1. The molecule has 0 aliphatic carbocycles. The molecule has 3 aromatic carbocycles. The second-order valence-electron chi connectivity index (χ2n) is 7.45. The summed E-state index contributed by atoms with van der Waals surface area (Å²) < 4.78 is 40.9. The summed E-state index contributed by atoms with van der Waals surface area (Å²) in [7, 11) is -3.72. The summed E-state index contributed by atoms with van der Waals surface area (Å²) in [5, 5.41) is 0.741. The molecule has 4 nitrogen and oxygen atoms in total. The highest BCUT2D eigenvalue weighted by molar-refractivity contribution is 7.92. The molecular weight excluding hydrogens is 423 g/mol. The Bertz CT molecular complexity index is 1130. The normalized spacial score (nSPS) is 14.3. The van der Waals surface area contributed by atoms with Crippen LogP contribution in [0.15, 0.2) is 71.6 Å². The van der Waals surface area contributed by atoms with Crippen molar-refractivity contribution in [3.63, 3.8) is 0 Å². The van der Waals surface area contributed by atoms with Gasteiger partial charge in [-0.15, -0.1) is 0 Å². The van der Waals surface area contributed by atoms with Crippen molar-refractivity contribution in [1.82, 2.24) is 4.90 Å². The molecule has 0 aromatic heterocycles. The van der Waals surface area contributed by atoms with Crippen LogP contribution in [0.5, 0.6) is 0 Å². The molecule has 7 heteroatoms. The van der Waals surface area contributed by atoms with Crippen molar-refractivity contribution < 1.29 is 12.8 Å². The lowest BCUT2D eigenvalue weighted by atomic mass is 9.99. The van der Waals surface area contributed by atoms with Crippen molar-refractivity contribution >= 4 is 27.3 Å². The van der Waals surface area contributed by atoms with E-state index in [1.807, 2.05) is 30.3 Å². The van der Waals surface area contributed by atoms with Crippen LogP contribution in [-0.2, 0) is 29.4 Å². The van der Waals surface area contributed by atoms with Gasteiger partial charge in [-0.1, -0.05) is 29.8 Å². The zero-order chi connectivity index (χ0) is 21.1. The lowest BCUT2D eigenvalue weighted by molar-refractivity contribution is 0.257. The fraction of sp³-hybridized carbons (Fsp3) is 0.217. The Labute approximate surface area is 181 Å². The van der Waals surface area contributed by atoms with Crippen LogP contribution >= 0.6 is 11.6 Å². The van der Waals surface area contributed by atoms with Crippen LogP contribution in [0.1, 0.15) is 16.7 Å². The number of sulfonamides is 1. The van der Waals surface area contributed by atoms with Crippen molar-refractivity contribution in [3.05, 3.63) is 94.3 Å². The topological polar surface area (TPSA) is 49.4 Å². The lowest BCUT2D eigenvalue weighted by Gasteiger charge is -2.29. The van der Waals surface area contributed by atoms with E-state index in [9.17, 15) is 12.8 Å². The fourth-order valence-corrected chi connectivity index (χ4v) is 4.85. The van der Waals surface area contributed by atoms with E-state index in [-0.39, 0.29) is 4.90 Å². The van der Waals surface area contributed by atoms with E-state index < -0.39 is 15.8 Å². The van der Waals surface area contributed by atoms with E-state index >= 15 is 0 Å². The number of rotatable bonds is 6. The van der Waals surface area contributed by atoms with Crippen LogP contribution in [0, 0.1) is 5.82 Å². The molecule has 0 amide bonds. The molecule has 0 radical (unpaired) electrons. The molecule has 1 aliphatic heterocycles. The van der Waals surface area contributed by atoms with Gasteiger partial charge in [-0.05, 0) is 78.1 Å². The first kappa shape index (κ1) is 20.8. The Morgan fingerprint density at radius 3 is 2.43 bits per heavy atom. The van der Waals surface area contributed by atoms with Gasteiger partial charge >= 0.3 is 0 Å². The molecule has 1 N–H and O–H groups in total. The van der Waals surface area contributed by atoms with Crippen LogP contribution < -0.4 is 4.72 Å². The van der Waals surface area contributed by atoms with Crippen LogP contribution in [0.3, 0.4) is 0 Å². The van der Waals surface area contributed by atoms with Crippen LogP contribution in [0.4, 0.5) is 10.1 Å². The second kappa shape index (κ2) is 8.76. The van der Waals surface area contributed by atoms with Gasteiger partial charge in [0, 0.05) is 30.3 Å². The van der Waals surface area contributed by atoms with Crippen molar-refractivity contribution in [2.45, 2.75) is 24.3 Å². The molecule has 0 bridgehead atoms. The SMILES string of the molecule is O=S(=O)(Nc1ccc(F)cc1)c1ccc2c(c1)CCN(CCc1ccc(Cl)cc1)C2. The molecule has 0 atom stereocenters. The van der Waals surface area contributed by atoms with Gasteiger partial charge in [-0.2, -0.15) is 0 Å². The molecule has 1 heterocycles. The Kier molecular flexibility index (Phi) is 6.09. The minimum Gasteiger partial charge on any atom is -0.298 e. The number of fused-ring (bicyclic) bond motifs is 1. The van der Waals surface area contributed by atoms with E-state index in [1.165, 1.54) is 29.8 Å². The third-order valence-corrected chi connectivity index (χ3v) is 6.94. The van der Waals surface area contributed by atoms with Gasteiger partial charge in [0.25, 0.3) is 10.0 Å². The van der Waals surface area contributed by atoms with Gasteiger partial charge < -0.3 is 0 Å². The highest BCUT2D eigenvalue weighted by Crippen LogP contribution is 2.24. The fourth-order valence-electron chi connectivity index (χ4n) is 3.62. The summed E-state index contributed by atoms with van der Waals surface area (Å²) >= 11 is 5.94. The maximum Gasteiger partial charge on any atom is 0.261 e. The lowest BCUT2D eigenvalue weighted by Crippen LogP contribution is -2.32. The van der Waals surface area contributed by atoms with Gasteiger partial charge in [-0.3, -0.25) is 9.62 Å². The summed E-state index contributed by atoms with van der Waals surface area (Å²) in [5.74, 6) is -0.410. The zero-order valence-corrected chi connectivity index (χ0v) is 17.9. The zero-order valence-electron chi connectivity index (χ0n) is 16.3. The predicted octanol–water partition coefficient (Wildman–Crippen LogP) is 4.88. The monoisotopic (exact) mass is 444 g/mol. The summed E-state index contributed by atoms with van der Waals surface area (Å²) in [6, 6.07) is 18.4. The van der Waals surface area contributed by atoms with Gasteiger partial charge in [0.15, 0.2) is 0 Å². The minimum absolute atomic E-state index is 0.222. The molecular formula is C23H22ClFN2O2S. The first-order valence-electron chi connectivity index (χ1n) is 9.76. The number of benzene rings is 3. The molecule has 0 saturated carbocycles. The maximum absolute atomic E-state index is 13.0. The molecule has 4 rings (SSSR count). The average molecular weight is 445 g/mol. The number of hydrogen-bond acceptors (Lipinski definition) is 3. The molecule has 0 spiro atoms. The van der Waals surface area contributed by atoms with Crippen LogP contribution in [-0.4, -0.2) is 26.4 Å². The van der Waals surface area contributed by atoms with Gasteiger partial charge in [0.1, 0.15) is 5.82 Å². The number of anilines is 1. The van der Waals surface area contributed by atoms with Gasteiger partial charge in [-0.25, -0.2) is 12.8 Å². The van der Waals surface area contributed by atoms with Crippen molar-refractivity contribution in [2.75, 3.05) is 17.8 Å². The standard InChI is InChI=1S/C23H22ClFN2O2S/c24-20-4-1-17(2-5-20)11-13-27-14-12-18-15-23(10-3-19(18)16-27)30(28,29)26-22-8-6-21(25)7-9-22/h1-10,15,26H,11-14,16H2. The van der Waals surface area contributed by atoms with Gasteiger partial charge in [0.05, 0.1) is 4.90 Å². The predicted molar refractivity (Wildman–Crippen MR) is 118 cm³/mol. The van der Waals surface area contributed by atoms with E-state index in [4.69, 9.17) is 11.6 Å². The molecule has 156 valence electrons. The first-order valence-corrected chi connectivity index (χ1v) is 11.6. The Balaban J connectivity index is 1.42. The smallest absolute Gasteiger partial charge is 0.261 e. The van der Waals surface area contributed by atoms with Crippen LogP contribution in [0.25, 0.3) is 0 Å². The second-order valence-corrected chi connectivity index (χ2v) is 9.56. The van der Waals surface area contributed by atoms with E-state index in [1.54, 1.807) is 12.1 Å². The quantitative estimate of drug-likeness (QED) is 0.589. The van der Waals surface area contributed by atoms with E-state index in [0.717, 1.165) is 48.6 Å². The molecule has 3 aromatic rings. The van der Waals surface area contributed by atoms with E-state index in [2.05, 4.69) is 9.62 Å². The minimum atomic E-state index is -3.72. The number of nitrogens with zero attached hydrogens (tertiary/aromatic N) is 1. The third kappa shape index (κ3) is 5.01. The Morgan fingerprint density at radius 2 is 1.70 bits per heavy atom. The molecule has 0 fully saturated rings. The summed E-state index contributed by atoms with van der Waals surface area (Å²) in [4.78, 5) is 2.60. The Morgan fingerprint density at radius 1 is 0.967 bits per heavy atom. The molecule has 30 heavy (non-hydrogen) atoms. The number of nitrogens with one attached hydrogen (secondary N) is 1. The largest absolute Gasteiger partial charge is 0.298 e. The van der Waals surface area contributed by atoms with Gasteiger partial charge in [0.2, 0.25) is 0 Å². The third-order valence-electron chi connectivity index (χ3n) is 5.31. The first-order chi connectivity index (χ1) is 14.4. The van der Waals surface area contributed by atoms with Crippen molar-refractivity contribution in [1.29, 1.82) is 0 Å². The Hall–Kier alpha value is -2.41.